The first-order chi connectivity index (χ1) is 17.5. The first-order valence-electron chi connectivity index (χ1n) is 10.3. The van der Waals surface area contributed by atoms with Gasteiger partial charge in [0, 0.05) is 18.3 Å². The van der Waals surface area contributed by atoms with E-state index in [0.717, 1.165) is 41.0 Å². The molecule has 2 N–H and O–H groups in total. The molecule has 196 valence electrons. The average molecular weight is 527 g/mol. The molecule has 2 aliphatic rings. The Kier molecular flexibility index (Phi) is 7.12. The number of hydrogen-bond acceptors (Lipinski definition) is 12. The summed E-state index contributed by atoms with van der Waals surface area (Å²) in [6, 6.07) is 5.10. The van der Waals surface area contributed by atoms with Crippen LogP contribution in [0.4, 0.5) is 19.0 Å². The lowest BCUT2D eigenvalue weighted by molar-refractivity contribution is -0.274. The number of anilines is 1. The van der Waals surface area contributed by atoms with Crippen LogP contribution in [0.5, 0.6) is 5.75 Å². The Morgan fingerprint density at radius 3 is 2.30 bits per heavy atom. The Morgan fingerprint density at radius 1 is 1.05 bits per heavy atom. The molecule has 37 heavy (non-hydrogen) atoms. The highest BCUT2D eigenvalue weighted by atomic mass is 19.4. The number of halogens is 3. The molecule has 1 saturated heterocycles. The summed E-state index contributed by atoms with van der Waals surface area (Å²) in [4.78, 5) is 52.6. The van der Waals surface area contributed by atoms with Crippen LogP contribution in [0, 0.1) is 0 Å². The van der Waals surface area contributed by atoms with Crippen LogP contribution in [0.1, 0.15) is 16.6 Å². The van der Waals surface area contributed by atoms with Gasteiger partial charge in [0.15, 0.2) is 24.3 Å². The number of nitrogens with one attached hydrogen (secondary N) is 1. The monoisotopic (exact) mass is 527 g/mol. The predicted octanol–water partition coefficient (Wildman–Crippen LogP) is 1.09. The van der Waals surface area contributed by atoms with E-state index >= 15 is 0 Å². The summed E-state index contributed by atoms with van der Waals surface area (Å²) in [7, 11) is 0. The van der Waals surface area contributed by atoms with Crippen molar-refractivity contribution in [2.24, 2.45) is 0 Å². The molecule has 0 amide bonds. The summed E-state index contributed by atoms with van der Waals surface area (Å²) in [6.45, 7) is -0.565. The van der Waals surface area contributed by atoms with Crippen molar-refractivity contribution in [3.8, 4) is 5.75 Å². The van der Waals surface area contributed by atoms with Gasteiger partial charge in [-0.15, -0.1) is 13.2 Å². The van der Waals surface area contributed by atoms with Crippen LogP contribution >= 0.6 is 0 Å². The van der Waals surface area contributed by atoms with Gasteiger partial charge in [0.25, 0.3) is 0 Å². The van der Waals surface area contributed by atoms with E-state index < -0.39 is 66.9 Å². The van der Waals surface area contributed by atoms with E-state index in [4.69, 9.17) is 24.2 Å². The van der Waals surface area contributed by atoms with Gasteiger partial charge in [0.2, 0.25) is 0 Å². The highest BCUT2D eigenvalue weighted by molar-refractivity contribution is 5.92. The molecule has 0 saturated carbocycles. The number of hydrogen-bond donors (Lipinski definition) is 2. The molecule has 0 radical (unpaired) electrons. The number of esters is 3. The maximum Gasteiger partial charge on any atom is 0.573 e. The van der Waals surface area contributed by atoms with Crippen LogP contribution in [0.2, 0.25) is 0 Å². The number of aromatic nitrogens is 2. The molecular formula is C21H16F3N3O10. The van der Waals surface area contributed by atoms with Crippen LogP contribution in [0.15, 0.2) is 53.5 Å². The van der Waals surface area contributed by atoms with E-state index in [2.05, 4.69) is 9.72 Å². The van der Waals surface area contributed by atoms with Crippen LogP contribution in [-0.2, 0) is 28.5 Å². The Bertz CT molecular complexity index is 1280. The number of benzene rings is 1. The van der Waals surface area contributed by atoms with E-state index in [1.807, 2.05) is 0 Å². The topological polar surface area (TPSA) is 165 Å². The predicted molar refractivity (Wildman–Crippen MR) is 110 cm³/mol. The summed E-state index contributed by atoms with van der Waals surface area (Å²) in [5.41, 5.74) is 0.638. The molecule has 1 aromatic heterocycles. The van der Waals surface area contributed by atoms with E-state index in [1.54, 1.807) is 5.48 Å². The third-order valence-corrected chi connectivity index (χ3v) is 5.07. The second-order valence-electron chi connectivity index (χ2n) is 7.49. The number of carbonyl (C=O) groups excluding carboxylic acids is 3. The molecular weight excluding hydrogens is 511 g/mol. The minimum Gasteiger partial charge on any atom is -0.459 e. The Hall–Kier alpha value is -4.44. The van der Waals surface area contributed by atoms with Crippen LogP contribution < -0.4 is 15.9 Å². The molecule has 13 nitrogen and oxygen atoms in total. The Balaban J connectivity index is 1.53. The molecule has 2 aromatic rings. The van der Waals surface area contributed by atoms with Gasteiger partial charge in [-0.3, -0.25) is 15.3 Å². The molecule has 3 heterocycles. The van der Waals surface area contributed by atoms with Gasteiger partial charge in [-0.2, -0.15) is 4.98 Å². The molecule has 1 aromatic carbocycles. The lowest BCUT2D eigenvalue weighted by Crippen LogP contribution is -2.43. The normalized spacial score (nSPS) is 24.1. The minimum atomic E-state index is -4.91. The number of rotatable bonds is 6. The van der Waals surface area contributed by atoms with Crippen molar-refractivity contribution in [3.05, 3.63) is 64.7 Å². The summed E-state index contributed by atoms with van der Waals surface area (Å²) in [5.74, 6) is -3.57. The first-order valence-corrected chi connectivity index (χ1v) is 10.3. The van der Waals surface area contributed by atoms with Crippen molar-refractivity contribution in [1.82, 2.24) is 9.55 Å². The van der Waals surface area contributed by atoms with Gasteiger partial charge < -0.3 is 23.7 Å². The smallest absolute Gasteiger partial charge is 0.459 e. The fraction of sp³-hybridized carbons (Fsp3) is 0.286. The summed E-state index contributed by atoms with van der Waals surface area (Å²) in [6.07, 6.45) is -7.42. The number of nitrogens with zero attached hydrogens (tertiary/aromatic N) is 2. The Morgan fingerprint density at radius 2 is 1.70 bits per heavy atom. The fourth-order valence-corrected chi connectivity index (χ4v) is 3.52. The molecule has 4 atom stereocenters. The largest absolute Gasteiger partial charge is 0.573 e. The third-order valence-electron chi connectivity index (χ3n) is 5.07. The summed E-state index contributed by atoms with van der Waals surface area (Å²) in [5, 5.41) is 8.93. The van der Waals surface area contributed by atoms with Gasteiger partial charge in [-0.25, -0.2) is 19.2 Å². The zero-order chi connectivity index (χ0) is 26.7. The number of fused-ring (bicyclic) bond motifs is 1. The highest BCUT2D eigenvalue weighted by Gasteiger charge is 2.51. The van der Waals surface area contributed by atoms with E-state index in [9.17, 15) is 32.3 Å². The van der Waals surface area contributed by atoms with Crippen LogP contribution in [-0.4, -0.2) is 63.9 Å². The first kappa shape index (κ1) is 25.6. The van der Waals surface area contributed by atoms with E-state index in [-0.39, 0.29) is 11.4 Å². The van der Waals surface area contributed by atoms with Gasteiger partial charge >= 0.3 is 30.0 Å². The molecule has 1 fully saturated rings. The lowest BCUT2D eigenvalue weighted by Gasteiger charge is -2.25. The zero-order valence-corrected chi connectivity index (χ0v) is 18.3. The van der Waals surface area contributed by atoms with Gasteiger partial charge in [-0.1, -0.05) is 0 Å². The maximum absolute atomic E-state index is 12.4. The average Bonchev–Trinajstić information content (AvgIpc) is 3.15. The molecule has 0 aliphatic carbocycles. The van der Waals surface area contributed by atoms with Gasteiger partial charge in [0.1, 0.15) is 18.5 Å². The van der Waals surface area contributed by atoms with Crippen molar-refractivity contribution in [3.63, 3.8) is 0 Å². The van der Waals surface area contributed by atoms with Crippen molar-refractivity contribution in [2.45, 2.75) is 30.9 Å². The quantitative estimate of drug-likeness (QED) is 0.313. The number of ether oxygens (including phenoxy) is 5. The molecule has 4 rings (SSSR count). The van der Waals surface area contributed by atoms with Crippen molar-refractivity contribution >= 4 is 23.7 Å². The molecule has 16 heteroatoms. The van der Waals surface area contributed by atoms with Gasteiger partial charge in [0.05, 0.1) is 5.56 Å². The summed E-state index contributed by atoms with van der Waals surface area (Å²) >= 11 is 0. The highest BCUT2D eigenvalue weighted by Crippen LogP contribution is 2.34. The van der Waals surface area contributed by atoms with E-state index in [0.29, 0.717) is 0 Å². The van der Waals surface area contributed by atoms with Crippen LogP contribution in [0.3, 0.4) is 0 Å². The molecule has 0 spiro atoms. The third kappa shape index (κ3) is 6.04. The number of carbonyl (C=O) groups is 3. The molecule has 1 unspecified atom stereocenters. The SMILES string of the molecule is O=C1/C=C\C(=O)O[C@H]2C(O1)[C@@H](COC(=O)c1ccc(OC(F)(F)F)cc1)O[C@H]2n1ccc(NO)nc1=O. The fourth-order valence-electron chi connectivity index (χ4n) is 3.52. The van der Waals surface area contributed by atoms with Crippen molar-refractivity contribution in [2.75, 3.05) is 12.1 Å². The second kappa shape index (κ2) is 10.3. The molecule has 2 aliphatic heterocycles. The summed E-state index contributed by atoms with van der Waals surface area (Å²) < 4.78 is 63.1. The van der Waals surface area contributed by atoms with Crippen LogP contribution in [0.25, 0.3) is 0 Å². The molecule has 0 bridgehead atoms. The Labute approximate surface area is 203 Å². The van der Waals surface area contributed by atoms with Crippen molar-refractivity contribution < 1.29 is 56.4 Å². The second-order valence-corrected chi connectivity index (χ2v) is 7.49. The number of alkyl halides is 3. The van der Waals surface area contributed by atoms with E-state index in [1.165, 1.54) is 12.3 Å². The lowest BCUT2D eigenvalue weighted by atomic mass is 10.1. The van der Waals surface area contributed by atoms with Crippen molar-refractivity contribution in [1.29, 1.82) is 0 Å². The standard InChI is InChI=1S/C21H16F3N3O10/c22-21(23,24)37-11-3-1-10(2-4-11)19(30)33-9-12-16-17(36-15(29)6-5-14(28)35-16)18(34-12)27-8-7-13(26-32)25-20(27)31/h1-8,12,16-18,32H,9H2,(H,25,26,31)/b6-5-/t12-,16?,17+,18-/m1/s1. The minimum absolute atomic E-state index is 0.128. The zero-order valence-electron chi connectivity index (χ0n) is 18.3. The van der Waals surface area contributed by atoms with Gasteiger partial charge in [-0.05, 0) is 30.3 Å². The maximum atomic E-state index is 12.4.